The maximum atomic E-state index is 14.6. The van der Waals surface area contributed by atoms with Crippen molar-refractivity contribution in [2.75, 3.05) is 18.1 Å². The zero-order valence-electron chi connectivity index (χ0n) is 17.5. The van der Waals surface area contributed by atoms with E-state index in [9.17, 15) is 43.9 Å². The standard InChI is InChI=1S/C18H13F7N6O3S2/c19-11-7-10(1-2-12(11)31-4-3-29(9-27-31)36(33,34)18(23,24)25)8-26-15(32)13-14(17(20,21)22)28-16-30(13)5-6-35-16/h1-2,5-7,9H,3-4,8H2,(H,26,32). The van der Waals surface area contributed by atoms with E-state index in [4.69, 9.17) is 0 Å². The molecule has 36 heavy (non-hydrogen) atoms. The molecule has 2 aromatic heterocycles. The van der Waals surface area contributed by atoms with Crippen LogP contribution in [-0.2, 0) is 22.7 Å². The lowest BCUT2D eigenvalue weighted by Gasteiger charge is -2.29. The number of anilines is 1. The van der Waals surface area contributed by atoms with Gasteiger partial charge in [0, 0.05) is 18.1 Å². The van der Waals surface area contributed by atoms with E-state index in [2.05, 4.69) is 15.4 Å². The van der Waals surface area contributed by atoms with E-state index in [1.54, 1.807) is 0 Å². The van der Waals surface area contributed by atoms with Gasteiger partial charge in [-0.05, 0) is 17.7 Å². The quantitative estimate of drug-likeness (QED) is 0.484. The number of thiazole rings is 1. The molecule has 0 atom stereocenters. The van der Waals surface area contributed by atoms with Gasteiger partial charge in [0.05, 0.1) is 18.8 Å². The molecule has 1 N–H and O–H groups in total. The van der Waals surface area contributed by atoms with Crippen molar-refractivity contribution in [2.45, 2.75) is 18.2 Å². The number of alkyl halides is 6. The molecule has 1 aliphatic rings. The number of hydrogen-bond acceptors (Lipinski definition) is 7. The lowest BCUT2D eigenvalue weighted by Crippen LogP contribution is -2.46. The summed E-state index contributed by atoms with van der Waals surface area (Å²) in [7, 11) is -5.63. The normalized spacial score (nSPS) is 15.1. The van der Waals surface area contributed by atoms with Crippen molar-refractivity contribution in [3.8, 4) is 0 Å². The number of carbonyl (C=O) groups excluding carboxylic acids is 1. The summed E-state index contributed by atoms with van der Waals surface area (Å²) in [5.41, 5.74) is -7.65. The summed E-state index contributed by atoms with van der Waals surface area (Å²) in [5.74, 6) is -2.00. The minimum atomic E-state index is -5.63. The Morgan fingerprint density at radius 2 is 1.86 bits per heavy atom. The number of hydrazone groups is 1. The molecular formula is C18H13F7N6O3S2. The molecule has 18 heteroatoms. The van der Waals surface area contributed by atoms with Crippen LogP contribution in [0, 0.1) is 5.82 Å². The Labute approximate surface area is 201 Å². The Balaban J connectivity index is 1.47. The number of carbonyl (C=O) groups is 1. The number of aromatic nitrogens is 2. The SMILES string of the molecule is O=C(NCc1ccc(N2CCN(S(=O)(=O)C(F)(F)F)C=N2)c(F)c1)c1c(C(F)(F)F)nc2sccn12. The highest BCUT2D eigenvalue weighted by Crippen LogP contribution is 2.33. The molecule has 0 aliphatic carbocycles. The van der Waals surface area contributed by atoms with Crippen LogP contribution < -0.4 is 10.3 Å². The molecule has 1 amide bonds. The van der Waals surface area contributed by atoms with E-state index >= 15 is 0 Å². The number of nitrogens with one attached hydrogen (secondary N) is 1. The number of benzene rings is 1. The summed E-state index contributed by atoms with van der Waals surface area (Å²) in [4.78, 5) is 15.9. The highest BCUT2D eigenvalue weighted by Gasteiger charge is 2.50. The summed E-state index contributed by atoms with van der Waals surface area (Å²) >= 11 is 0.904. The van der Waals surface area contributed by atoms with Gasteiger partial charge in [-0.3, -0.25) is 14.2 Å². The molecule has 0 saturated carbocycles. The third kappa shape index (κ3) is 4.69. The smallest absolute Gasteiger partial charge is 0.347 e. The minimum Gasteiger partial charge on any atom is -0.347 e. The highest BCUT2D eigenvalue weighted by molar-refractivity contribution is 7.90. The minimum absolute atomic E-state index is 0.0125. The van der Waals surface area contributed by atoms with Crippen LogP contribution in [-0.4, -0.2) is 53.0 Å². The Morgan fingerprint density at radius 1 is 1.14 bits per heavy atom. The van der Waals surface area contributed by atoms with E-state index in [0.29, 0.717) is 6.34 Å². The first-order chi connectivity index (χ1) is 16.7. The van der Waals surface area contributed by atoms with Gasteiger partial charge in [0.1, 0.15) is 17.8 Å². The molecule has 3 heterocycles. The van der Waals surface area contributed by atoms with E-state index < -0.39 is 57.9 Å². The predicted octanol–water partition coefficient (Wildman–Crippen LogP) is 3.40. The van der Waals surface area contributed by atoms with Crippen LogP contribution in [0.5, 0.6) is 0 Å². The number of hydrogen-bond donors (Lipinski definition) is 1. The maximum Gasteiger partial charge on any atom is 0.516 e. The molecule has 0 spiro atoms. The van der Waals surface area contributed by atoms with E-state index in [1.165, 1.54) is 23.7 Å². The lowest BCUT2D eigenvalue weighted by molar-refractivity contribution is -0.141. The second kappa shape index (κ2) is 8.91. The molecule has 1 aliphatic heterocycles. The van der Waals surface area contributed by atoms with Crippen LogP contribution >= 0.6 is 11.3 Å². The average Bonchev–Trinajstić information content (AvgIpc) is 3.38. The van der Waals surface area contributed by atoms with Gasteiger partial charge in [0.25, 0.3) is 5.91 Å². The zero-order valence-corrected chi connectivity index (χ0v) is 19.1. The van der Waals surface area contributed by atoms with Crippen LogP contribution in [0.1, 0.15) is 21.7 Å². The number of halogens is 7. The second-order valence-electron chi connectivity index (χ2n) is 7.25. The van der Waals surface area contributed by atoms with Crippen molar-refractivity contribution in [2.24, 2.45) is 5.10 Å². The van der Waals surface area contributed by atoms with Crippen LogP contribution in [0.15, 0.2) is 34.9 Å². The van der Waals surface area contributed by atoms with Gasteiger partial charge in [-0.1, -0.05) is 6.07 Å². The molecule has 0 fully saturated rings. The topological polar surface area (TPSA) is 99.4 Å². The molecule has 0 radical (unpaired) electrons. The van der Waals surface area contributed by atoms with E-state index in [1.807, 2.05) is 0 Å². The molecule has 1 aromatic carbocycles. The monoisotopic (exact) mass is 558 g/mol. The Kier molecular flexibility index (Phi) is 6.36. The van der Waals surface area contributed by atoms with Crippen LogP contribution in [0.25, 0.3) is 4.96 Å². The molecule has 194 valence electrons. The van der Waals surface area contributed by atoms with Gasteiger partial charge < -0.3 is 5.32 Å². The summed E-state index contributed by atoms with van der Waals surface area (Å²) < 4.78 is 116. The van der Waals surface area contributed by atoms with Crippen molar-refractivity contribution in [3.63, 3.8) is 0 Å². The van der Waals surface area contributed by atoms with Crippen LogP contribution in [0.2, 0.25) is 0 Å². The first-order valence-corrected chi connectivity index (χ1v) is 12.0. The fourth-order valence-electron chi connectivity index (χ4n) is 3.26. The molecule has 0 unspecified atom stereocenters. The van der Waals surface area contributed by atoms with Gasteiger partial charge in [-0.2, -0.15) is 39.9 Å². The van der Waals surface area contributed by atoms with Crippen molar-refractivity contribution in [1.82, 2.24) is 19.0 Å². The van der Waals surface area contributed by atoms with E-state index in [0.717, 1.165) is 26.8 Å². The fraction of sp³-hybridized carbons (Fsp3) is 0.278. The number of sulfonamides is 1. The lowest BCUT2D eigenvalue weighted by atomic mass is 10.2. The third-order valence-electron chi connectivity index (χ3n) is 4.94. The first-order valence-electron chi connectivity index (χ1n) is 9.69. The molecule has 0 bridgehead atoms. The van der Waals surface area contributed by atoms with Crippen molar-refractivity contribution in [1.29, 1.82) is 0 Å². The van der Waals surface area contributed by atoms with Crippen LogP contribution in [0.3, 0.4) is 0 Å². The maximum absolute atomic E-state index is 14.6. The molecule has 0 saturated heterocycles. The molecule has 3 aromatic rings. The number of nitrogens with zero attached hydrogens (tertiary/aromatic N) is 5. The second-order valence-corrected chi connectivity index (χ2v) is 10.0. The zero-order chi connectivity index (χ0) is 26.5. The highest BCUT2D eigenvalue weighted by atomic mass is 32.2. The largest absolute Gasteiger partial charge is 0.516 e. The molecule has 9 nitrogen and oxygen atoms in total. The number of fused-ring (bicyclic) bond motifs is 1. The van der Waals surface area contributed by atoms with Gasteiger partial charge >= 0.3 is 21.7 Å². The Bertz CT molecular complexity index is 1450. The van der Waals surface area contributed by atoms with Gasteiger partial charge in [-0.25, -0.2) is 13.7 Å². The van der Waals surface area contributed by atoms with Crippen LogP contribution in [0.4, 0.5) is 36.4 Å². The molecular weight excluding hydrogens is 545 g/mol. The Hall–Kier alpha value is -3.41. The molecule has 4 rings (SSSR count). The van der Waals surface area contributed by atoms with Gasteiger partial charge in [-0.15, -0.1) is 11.3 Å². The van der Waals surface area contributed by atoms with Crippen molar-refractivity contribution < 1.29 is 43.9 Å². The summed E-state index contributed by atoms with van der Waals surface area (Å²) in [6.45, 7) is -1.39. The Morgan fingerprint density at radius 3 is 2.44 bits per heavy atom. The van der Waals surface area contributed by atoms with Gasteiger partial charge in [0.15, 0.2) is 10.7 Å². The summed E-state index contributed by atoms with van der Waals surface area (Å²) in [5, 5.41) is 8.21. The average molecular weight is 558 g/mol. The number of amides is 1. The van der Waals surface area contributed by atoms with Crippen molar-refractivity contribution in [3.05, 3.63) is 52.5 Å². The summed E-state index contributed by atoms with van der Waals surface area (Å²) in [6, 6.07) is 3.44. The fourth-order valence-corrected chi connectivity index (χ4v) is 4.73. The van der Waals surface area contributed by atoms with Crippen molar-refractivity contribution >= 4 is 44.3 Å². The third-order valence-corrected chi connectivity index (χ3v) is 7.18. The van der Waals surface area contributed by atoms with E-state index in [-0.39, 0.29) is 27.1 Å². The van der Waals surface area contributed by atoms with Gasteiger partial charge in [0.2, 0.25) is 0 Å². The number of imidazole rings is 1. The number of rotatable bonds is 5. The first kappa shape index (κ1) is 25.7. The predicted molar refractivity (Wildman–Crippen MR) is 113 cm³/mol. The summed E-state index contributed by atoms with van der Waals surface area (Å²) in [6.07, 6.45) is -3.21.